The van der Waals surface area contributed by atoms with Crippen molar-refractivity contribution in [2.45, 2.75) is 52.2 Å². The zero-order chi connectivity index (χ0) is 18.4. The van der Waals surface area contributed by atoms with Crippen LogP contribution < -0.4 is 10.6 Å². The largest absolute Gasteiger partial charge is 0.444 e. The monoisotopic (exact) mass is 353 g/mol. The molecule has 0 aromatic heterocycles. The van der Waals surface area contributed by atoms with Crippen molar-refractivity contribution in [1.82, 2.24) is 20.4 Å². The maximum Gasteiger partial charge on any atom is 0.410 e. The molecular weight excluding hydrogens is 318 g/mol. The number of hydrogen-bond acceptors (Lipinski definition) is 4. The van der Waals surface area contributed by atoms with Gasteiger partial charge in [-0.05, 0) is 52.6 Å². The Morgan fingerprint density at radius 3 is 2.60 bits per heavy atom. The summed E-state index contributed by atoms with van der Waals surface area (Å²) in [6.45, 7) is 13.7. The highest BCUT2D eigenvalue weighted by Crippen LogP contribution is 2.16. The first-order chi connectivity index (χ1) is 11.8. The molecule has 7 heteroatoms. The molecular formula is C18H35N5O2. The van der Waals surface area contributed by atoms with E-state index in [-0.39, 0.29) is 12.1 Å². The molecule has 2 rings (SSSR count). The lowest BCUT2D eigenvalue weighted by molar-refractivity contribution is 0.00700. The zero-order valence-corrected chi connectivity index (χ0v) is 16.5. The summed E-state index contributed by atoms with van der Waals surface area (Å²) >= 11 is 0. The van der Waals surface area contributed by atoms with Crippen LogP contribution in [0, 0.1) is 5.92 Å². The van der Waals surface area contributed by atoms with Crippen LogP contribution in [0.15, 0.2) is 4.99 Å². The maximum absolute atomic E-state index is 12.0. The Bertz CT molecular complexity index is 469. The van der Waals surface area contributed by atoms with Gasteiger partial charge in [0.15, 0.2) is 5.96 Å². The number of ether oxygens (including phenoxy) is 1. The van der Waals surface area contributed by atoms with Crippen molar-refractivity contribution in [3.05, 3.63) is 0 Å². The Labute approximate surface area is 152 Å². The fourth-order valence-electron chi connectivity index (χ4n) is 3.28. The smallest absolute Gasteiger partial charge is 0.410 e. The Balaban J connectivity index is 1.67. The van der Waals surface area contributed by atoms with Crippen LogP contribution in [0.1, 0.15) is 40.5 Å². The van der Waals surface area contributed by atoms with Crippen molar-refractivity contribution < 1.29 is 9.53 Å². The van der Waals surface area contributed by atoms with E-state index in [4.69, 9.17) is 4.74 Å². The van der Waals surface area contributed by atoms with Crippen LogP contribution in [0.4, 0.5) is 4.79 Å². The van der Waals surface area contributed by atoms with Gasteiger partial charge in [-0.3, -0.25) is 4.99 Å². The number of rotatable bonds is 4. The van der Waals surface area contributed by atoms with Crippen molar-refractivity contribution >= 4 is 12.1 Å². The van der Waals surface area contributed by atoms with E-state index >= 15 is 0 Å². The van der Waals surface area contributed by atoms with Gasteiger partial charge in [0.1, 0.15) is 5.60 Å². The van der Waals surface area contributed by atoms with Gasteiger partial charge in [0.2, 0.25) is 0 Å². The number of amides is 1. The molecule has 2 heterocycles. The molecule has 0 bridgehead atoms. The van der Waals surface area contributed by atoms with E-state index in [1.165, 1.54) is 19.4 Å². The number of hydrogen-bond donors (Lipinski definition) is 2. The molecule has 1 atom stereocenters. The minimum Gasteiger partial charge on any atom is -0.444 e. The molecule has 2 fully saturated rings. The normalized spacial score (nSPS) is 23.2. The van der Waals surface area contributed by atoms with Crippen LogP contribution in [-0.4, -0.2) is 79.8 Å². The predicted octanol–water partition coefficient (Wildman–Crippen LogP) is 1.50. The van der Waals surface area contributed by atoms with Crippen molar-refractivity contribution in [2.24, 2.45) is 10.9 Å². The third kappa shape index (κ3) is 6.38. The number of piperidine rings is 1. The molecule has 144 valence electrons. The lowest BCUT2D eigenvalue weighted by Gasteiger charge is -2.40. The van der Waals surface area contributed by atoms with Gasteiger partial charge in [-0.1, -0.05) is 6.92 Å². The standard InChI is InChI=1S/C18H35N5O2/c1-6-22-9-7-8-14(11-22)10-20-16(19-5)21-15-12-23(13-15)17(24)25-18(2,3)4/h14-15H,6-13H2,1-5H3,(H2,19,20,21). The minimum absolute atomic E-state index is 0.234. The van der Waals surface area contributed by atoms with Gasteiger partial charge < -0.3 is 25.2 Å². The second-order valence-electron chi connectivity index (χ2n) is 8.08. The summed E-state index contributed by atoms with van der Waals surface area (Å²) in [6.07, 6.45) is 2.31. The molecule has 0 spiro atoms. The first kappa shape index (κ1) is 19.8. The summed E-state index contributed by atoms with van der Waals surface area (Å²) in [4.78, 5) is 20.5. The van der Waals surface area contributed by atoms with Crippen LogP contribution in [0.2, 0.25) is 0 Å². The summed E-state index contributed by atoms with van der Waals surface area (Å²) in [5.41, 5.74) is -0.445. The summed E-state index contributed by atoms with van der Waals surface area (Å²) in [5, 5.41) is 6.83. The number of carbonyl (C=O) groups is 1. The zero-order valence-electron chi connectivity index (χ0n) is 16.5. The molecule has 0 radical (unpaired) electrons. The molecule has 0 aromatic carbocycles. The molecule has 2 saturated heterocycles. The molecule has 0 saturated carbocycles. The van der Waals surface area contributed by atoms with Crippen molar-refractivity contribution in [1.29, 1.82) is 0 Å². The number of nitrogens with one attached hydrogen (secondary N) is 2. The first-order valence-corrected chi connectivity index (χ1v) is 9.48. The summed E-state index contributed by atoms with van der Waals surface area (Å²) in [5.74, 6) is 1.49. The average Bonchev–Trinajstić information content (AvgIpc) is 2.51. The van der Waals surface area contributed by atoms with E-state index in [1.54, 1.807) is 11.9 Å². The van der Waals surface area contributed by atoms with Gasteiger partial charge in [0, 0.05) is 33.2 Å². The molecule has 2 aliphatic rings. The first-order valence-electron chi connectivity index (χ1n) is 9.48. The molecule has 1 unspecified atom stereocenters. The molecule has 0 aliphatic carbocycles. The fourth-order valence-corrected chi connectivity index (χ4v) is 3.28. The van der Waals surface area contributed by atoms with Crippen molar-refractivity contribution in [2.75, 3.05) is 46.3 Å². The van der Waals surface area contributed by atoms with Crippen LogP contribution >= 0.6 is 0 Å². The summed E-state index contributed by atoms with van der Waals surface area (Å²) in [6, 6.07) is 0.234. The SMILES string of the molecule is CCN1CCCC(CNC(=NC)NC2CN(C(=O)OC(C)(C)C)C2)C1. The number of aliphatic imine (C=N–C) groups is 1. The number of nitrogens with zero attached hydrogens (tertiary/aromatic N) is 3. The highest BCUT2D eigenvalue weighted by molar-refractivity contribution is 5.80. The third-order valence-electron chi connectivity index (χ3n) is 4.71. The molecule has 2 N–H and O–H groups in total. The topological polar surface area (TPSA) is 69.2 Å². The van der Waals surface area contributed by atoms with Gasteiger partial charge >= 0.3 is 6.09 Å². The molecule has 0 aromatic rings. The Hall–Kier alpha value is -1.50. The molecule has 2 aliphatic heterocycles. The third-order valence-corrected chi connectivity index (χ3v) is 4.71. The summed E-state index contributed by atoms with van der Waals surface area (Å²) < 4.78 is 5.38. The lowest BCUT2D eigenvalue weighted by atomic mass is 9.98. The van der Waals surface area contributed by atoms with Gasteiger partial charge in [-0.25, -0.2) is 4.79 Å². The second-order valence-corrected chi connectivity index (χ2v) is 8.08. The highest BCUT2D eigenvalue weighted by Gasteiger charge is 2.34. The Morgan fingerprint density at radius 2 is 2.00 bits per heavy atom. The van der Waals surface area contributed by atoms with Crippen LogP contribution in [0.3, 0.4) is 0 Å². The van der Waals surface area contributed by atoms with E-state index in [2.05, 4.69) is 27.4 Å². The number of likely N-dealkylation sites (tertiary alicyclic amines) is 2. The fraction of sp³-hybridized carbons (Fsp3) is 0.889. The maximum atomic E-state index is 12.0. The number of carbonyl (C=O) groups excluding carboxylic acids is 1. The molecule has 7 nitrogen and oxygen atoms in total. The number of guanidine groups is 1. The molecule has 25 heavy (non-hydrogen) atoms. The van der Waals surface area contributed by atoms with E-state index in [9.17, 15) is 4.79 Å². The predicted molar refractivity (Wildman–Crippen MR) is 101 cm³/mol. The minimum atomic E-state index is -0.445. The van der Waals surface area contributed by atoms with Crippen LogP contribution in [0.5, 0.6) is 0 Å². The molecule has 1 amide bonds. The van der Waals surface area contributed by atoms with E-state index in [0.29, 0.717) is 19.0 Å². The second kappa shape index (κ2) is 8.74. The van der Waals surface area contributed by atoms with E-state index in [1.807, 2.05) is 20.8 Å². The van der Waals surface area contributed by atoms with Crippen LogP contribution in [0.25, 0.3) is 0 Å². The van der Waals surface area contributed by atoms with Crippen molar-refractivity contribution in [3.63, 3.8) is 0 Å². The highest BCUT2D eigenvalue weighted by atomic mass is 16.6. The Kier molecular flexibility index (Phi) is 6.93. The van der Waals surface area contributed by atoms with Crippen molar-refractivity contribution in [3.8, 4) is 0 Å². The van der Waals surface area contributed by atoms with Gasteiger partial charge in [-0.2, -0.15) is 0 Å². The van der Waals surface area contributed by atoms with Gasteiger partial charge in [-0.15, -0.1) is 0 Å². The Morgan fingerprint density at radius 1 is 1.28 bits per heavy atom. The van der Waals surface area contributed by atoms with Crippen LogP contribution in [-0.2, 0) is 4.74 Å². The van der Waals surface area contributed by atoms with Gasteiger partial charge in [0.25, 0.3) is 0 Å². The van der Waals surface area contributed by atoms with E-state index in [0.717, 1.165) is 25.6 Å². The lowest BCUT2D eigenvalue weighted by Crippen LogP contribution is -2.63. The van der Waals surface area contributed by atoms with Gasteiger partial charge in [0.05, 0.1) is 6.04 Å². The quantitative estimate of drug-likeness (QED) is 0.592. The average molecular weight is 354 g/mol. The van der Waals surface area contributed by atoms with E-state index < -0.39 is 5.60 Å². The summed E-state index contributed by atoms with van der Waals surface area (Å²) in [7, 11) is 1.79.